The molecule has 1 saturated heterocycles. The molecule has 0 radical (unpaired) electrons. The van der Waals surface area contributed by atoms with Gasteiger partial charge in [-0.3, -0.25) is 9.59 Å². The van der Waals surface area contributed by atoms with Crippen LogP contribution in [0.5, 0.6) is 0 Å². The maximum Gasteiger partial charge on any atom is 0.253 e. The maximum absolute atomic E-state index is 12.7. The van der Waals surface area contributed by atoms with E-state index in [2.05, 4.69) is 14.9 Å². The molecule has 1 aliphatic heterocycles. The zero-order valence-electron chi connectivity index (χ0n) is 15.4. The van der Waals surface area contributed by atoms with Crippen LogP contribution in [-0.4, -0.2) is 34.5 Å². The highest BCUT2D eigenvalue weighted by Crippen LogP contribution is 2.28. The molecule has 0 saturated carbocycles. The molecule has 0 aliphatic carbocycles. The van der Waals surface area contributed by atoms with Crippen LogP contribution in [0, 0.1) is 0 Å². The number of para-hydroxylation sites is 2. The SMILES string of the molecule is O=C(NCCCn1cnc2ccccc21)c1ccc(Cl)cc1N1CCCC1=O. The third kappa shape index (κ3) is 3.73. The lowest BCUT2D eigenvalue weighted by Gasteiger charge is -2.19. The Kier molecular flexibility index (Phi) is 5.30. The Morgan fingerprint density at radius 3 is 2.89 bits per heavy atom. The van der Waals surface area contributed by atoms with E-state index in [0.29, 0.717) is 35.8 Å². The Morgan fingerprint density at radius 2 is 2.07 bits per heavy atom. The predicted octanol–water partition coefficient (Wildman–Crippen LogP) is 3.64. The first-order chi connectivity index (χ1) is 13.6. The molecule has 0 atom stereocenters. The average Bonchev–Trinajstić information content (AvgIpc) is 3.31. The number of benzene rings is 2. The summed E-state index contributed by atoms with van der Waals surface area (Å²) < 4.78 is 2.08. The summed E-state index contributed by atoms with van der Waals surface area (Å²) in [5, 5.41) is 3.47. The first-order valence-corrected chi connectivity index (χ1v) is 9.79. The van der Waals surface area contributed by atoms with Crippen LogP contribution in [0.15, 0.2) is 48.8 Å². The number of anilines is 1. The first kappa shape index (κ1) is 18.5. The van der Waals surface area contributed by atoms with Gasteiger partial charge in [-0.05, 0) is 43.2 Å². The standard InChI is InChI=1S/C21H21ClN4O2/c22-15-8-9-16(19(13-15)26-12-3-7-20(26)27)21(28)23-10-4-11-25-14-24-17-5-1-2-6-18(17)25/h1-2,5-6,8-9,13-14H,3-4,7,10-12H2,(H,23,28). The first-order valence-electron chi connectivity index (χ1n) is 9.41. The number of hydrogen-bond acceptors (Lipinski definition) is 3. The number of aromatic nitrogens is 2. The van der Waals surface area contributed by atoms with Crippen LogP contribution in [-0.2, 0) is 11.3 Å². The van der Waals surface area contributed by atoms with E-state index in [0.717, 1.165) is 30.4 Å². The molecule has 2 aromatic carbocycles. The summed E-state index contributed by atoms with van der Waals surface area (Å²) in [7, 11) is 0. The number of amides is 2. The molecule has 2 heterocycles. The second-order valence-electron chi connectivity index (χ2n) is 6.85. The Morgan fingerprint density at radius 1 is 1.21 bits per heavy atom. The fourth-order valence-corrected chi connectivity index (χ4v) is 3.72. The summed E-state index contributed by atoms with van der Waals surface area (Å²) in [5.41, 5.74) is 3.12. The van der Waals surface area contributed by atoms with Crippen molar-refractivity contribution in [1.29, 1.82) is 0 Å². The molecule has 1 aliphatic rings. The Balaban J connectivity index is 1.39. The molecule has 6 nitrogen and oxygen atoms in total. The Hall–Kier alpha value is -2.86. The lowest BCUT2D eigenvalue weighted by atomic mass is 10.1. The van der Waals surface area contributed by atoms with Crippen LogP contribution in [0.25, 0.3) is 11.0 Å². The van der Waals surface area contributed by atoms with E-state index < -0.39 is 0 Å². The quantitative estimate of drug-likeness (QED) is 0.647. The van der Waals surface area contributed by atoms with E-state index in [9.17, 15) is 9.59 Å². The van der Waals surface area contributed by atoms with Gasteiger partial charge in [-0.25, -0.2) is 4.98 Å². The predicted molar refractivity (Wildman–Crippen MR) is 110 cm³/mol. The molecule has 1 fully saturated rings. The van der Waals surface area contributed by atoms with Crippen molar-refractivity contribution in [3.05, 3.63) is 59.4 Å². The molecule has 4 rings (SSSR count). The van der Waals surface area contributed by atoms with Crippen molar-refractivity contribution in [2.45, 2.75) is 25.8 Å². The highest BCUT2D eigenvalue weighted by atomic mass is 35.5. The number of fused-ring (bicyclic) bond motifs is 1. The van der Waals surface area contributed by atoms with Gasteiger partial charge in [0.2, 0.25) is 5.91 Å². The van der Waals surface area contributed by atoms with Crippen molar-refractivity contribution in [2.24, 2.45) is 0 Å². The summed E-state index contributed by atoms with van der Waals surface area (Å²) in [6.45, 7) is 1.91. The van der Waals surface area contributed by atoms with Gasteiger partial charge in [-0.1, -0.05) is 23.7 Å². The number of carbonyl (C=O) groups excluding carboxylic acids is 2. The second kappa shape index (κ2) is 8.02. The van der Waals surface area contributed by atoms with Gasteiger partial charge >= 0.3 is 0 Å². The minimum absolute atomic E-state index is 0.0308. The number of imidazole rings is 1. The number of nitrogens with one attached hydrogen (secondary N) is 1. The van der Waals surface area contributed by atoms with Gasteiger partial charge in [0.25, 0.3) is 5.91 Å². The fraction of sp³-hybridized carbons (Fsp3) is 0.286. The molecule has 2 amide bonds. The van der Waals surface area contributed by atoms with E-state index in [-0.39, 0.29) is 11.8 Å². The second-order valence-corrected chi connectivity index (χ2v) is 7.28. The average molecular weight is 397 g/mol. The lowest BCUT2D eigenvalue weighted by Crippen LogP contribution is -2.30. The summed E-state index contributed by atoms with van der Waals surface area (Å²) in [6, 6.07) is 13.0. The third-order valence-corrected chi connectivity index (χ3v) is 5.19. The number of rotatable bonds is 6. The molecular weight excluding hydrogens is 376 g/mol. The minimum Gasteiger partial charge on any atom is -0.352 e. The summed E-state index contributed by atoms with van der Waals surface area (Å²) in [4.78, 5) is 30.8. The van der Waals surface area contributed by atoms with Crippen LogP contribution in [0.3, 0.4) is 0 Å². The minimum atomic E-state index is -0.193. The molecule has 7 heteroatoms. The van der Waals surface area contributed by atoms with Crippen molar-refractivity contribution in [2.75, 3.05) is 18.0 Å². The van der Waals surface area contributed by atoms with Crippen LogP contribution in [0.2, 0.25) is 5.02 Å². The topological polar surface area (TPSA) is 67.2 Å². The van der Waals surface area contributed by atoms with E-state index in [1.165, 1.54) is 0 Å². The van der Waals surface area contributed by atoms with E-state index in [1.807, 2.05) is 30.6 Å². The highest BCUT2D eigenvalue weighted by molar-refractivity contribution is 6.31. The van der Waals surface area contributed by atoms with Crippen molar-refractivity contribution in [1.82, 2.24) is 14.9 Å². The molecule has 0 unspecified atom stereocenters. The van der Waals surface area contributed by atoms with E-state index in [4.69, 9.17) is 11.6 Å². The molecule has 0 spiro atoms. The molecule has 1 aromatic heterocycles. The Bertz CT molecular complexity index is 1030. The van der Waals surface area contributed by atoms with Crippen LogP contribution >= 0.6 is 11.6 Å². The van der Waals surface area contributed by atoms with Crippen LogP contribution < -0.4 is 10.2 Å². The zero-order valence-corrected chi connectivity index (χ0v) is 16.2. The number of carbonyl (C=O) groups is 2. The fourth-order valence-electron chi connectivity index (χ4n) is 3.56. The number of hydrogen-bond donors (Lipinski definition) is 1. The Labute approximate surface area is 168 Å². The number of nitrogens with zero attached hydrogens (tertiary/aromatic N) is 3. The number of halogens is 1. The maximum atomic E-state index is 12.7. The largest absolute Gasteiger partial charge is 0.352 e. The van der Waals surface area contributed by atoms with Gasteiger partial charge in [0, 0.05) is 31.1 Å². The molecule has 0 bridgehead atoms. The van der Waals surface area contributed by atoms with Crippen molar-refractivity contribution in [3.8, 4) is 0 Å². The van der Waals surface area contributed by atoms with Crippen molar-refractivity contribution < 1.29 is 9.59 Å². The van der Waals surface area contributed by atoms with Gasteiger partial charge in [-0.15, -0.1) is 0 Å². The third-order valence-electron chi connectivity index (χ3n) is 4.96. The van der Waals surface area contributed by atoms with E-state index >= 15 is 0 Å². The van der Waals surface area contributed by atoms with Crippen molar-refractivity contribution in [3.63, 3.8) is 0 Å². The lowest BCUT2D eigenvalue weighted by molar-refractivity contribution is -0.117. The van der Waals surface area contributed by atoms with Gasteiger partial charge in [-0.2, -0.15) is 0 Å². The smallest absolute Gasteiger partial charge is 0.253 e. The zero-order chi connectivity index (χ0) is 19.5. The molecule has 28 heavy (non-hydrogen) atoms. The van der Waals surface area contributed by atoms with Crippen LogP contribution in [0.1, 0.15) is 29.6 Å². The van der Waals surface area contributed by atoms with E-state index in [1.54, 1.807) is 23.1 Å². The molecule has 1 N–H and O–H groups in total. The van der Waals surface area contributed by atoms with Crippen LogP contribution in [0.4, 0.5) is 5.69 Å². The van der Waals surface area contributed by atoms with Gasteiger partial charge in [0.15, 0.2) is 0 Å². The van der Waals surface area contributed by atoms with Crippen molar-refractivity contribution >= 4 is 40.1 Å². The van der Waals surface area contributed by atoms with Gasteiger partial charge in [0.05, 0.1) is 28.6 Å². The summed E-state index contributed by atoms with van der Waals surface area (Å²) in [6.07, 6.45) is 3.90. The van der Waals surface area contributed by atoms with Gasteiger partial charge in [0.1, 0.15) is 0 Å². The molecule has 3 aromatic rings. The normalized spacial score (nSPS) is 14.0. The summed E-state index contributed by atoms with van der Waals surface area (Å²) >= 11 is 6.10. The summed E-state index contributed by atoms with van der Waals surface area (Å²) in [5.74, 6) is -0.162. The monoisotopic (exact) mass is 396 g/mol. The highest BCUT2D eigenvalue weighted by Gasteiger charge is 2.26. The molecular formula is C21H21ClN4O2. The number of aryl methyl sites for hydroxylation is 1. The van der Waals surface area contributed by atoms with Gasteiger partial charge < -0.3 is 14.8 Å². The molecule has 144 valence electrons.